The molecule has 0 fully saturated rings. The molecule has 27 heavy (non-hydrogen) atoms. The number of carbonyl (C=O) groups is 1. The zero-order chi connectivity index (χ0) is 20.2. The predicted octanol–water partition coefficient (Wildman–Crippen LogP) is 5.27. The minimum absolute atomic E-state index is 0.111. The average Bonchev–Trinajstić information content (AvgIpc) is 2.53. The molecule has 1 amide bonds. The van der Waals surface area contributed by atoms with Crippen LogP contribution in [0.25, 0.3) is 0 Å². The van der Waals surface area contributed by atoms with Gasteiger partial charge in [-0.05, 0) is 41.3 Å². The maximum absolute atomic E-state index is 12.6. The van der Waals surface area contributed by atoms with Crippen LogP contribution in [0.3, 0.4) is 0 Å². The largest absolute Gasteiger partial charge is 0.416 e. The maximum atomic E-state index is 12.6. The minimum atomic E-state index is -4.34. The lowest BCUT2D eigenvalue weighted by Gasteiger charge is -2.18. The van der Waals surface area contributed by atoms with Crippen LogP contribution in [0.5, 0.6) is 0 Å². The second-order valence-electron chi connectivity index (χ2n) is 7.64. The smallest absolute Gasteiger partial charge is 0.397 e. The van der Waals surface area contributed by atoms with Crippen LogP contribution in [0.4, 0.5) is 30.2 Å². The van der Waals surface area contributed by atoms with Crippen molar-refractivity contribution in [3.8, 4) is 0 Å². The van der Waals surface area contributed by atoms with Gasteiger partial charge in [-0.3, -0.25) is 4.79 Å². The Morgan fingerprint density at radius 3 is 2.19 bits per heavy atom. The number of nitrogens with two attached hydrogens (primary N) is 1. The molecule has 0 radical (unpaired) electrons. The van der Waals surface area contributed by atoms with E-state index in [1.807, 2.05) is 20.8 Å². The number of benzene rings is 2. The topological polar surface area (TPSA) is 67.2 Å². The third-order valence-electron chi connectivity index (χ3n) is 3.79. The quantitative estimate of drug-likeness (QED) is 0.620. The molecule has 7 heteroatoms. The molecule has 0 aromatic heterocycles. The summed E-state index contributed by atoms with van der Waals surface area (Å²) >= 11 is 0. The van der Waals surface area contributed by atoms with Crippen LogP contribution in [-0.2, 0) is 17.5 Å². The summed E-state index contributed by atoms with van der Waals surface area (Å²) in [5.41, 5.74) is 7.56. The Hall–Kier alpha value is -2.70. The van der Waals surface area contributed by atoms with Crippen molar-refractivity contribution in [2.75, 3.05) is 16.4 Å². The third kappa shape index (κ3) is 6.51. The molecule has 0 bridgehead atoms. The van der Waals surface area contributed by atoms with E-state index in [2.05, 4.69) is 10.6 Å². The highest BCUT2D eigenvalue weighted by molar-refractivity contribution is 5.94. The van der Waals surface area contributed by atoms with Crippen LogP contribution in [0, 0.1) is 5.41 Å². The molecular weight excluding hydrogens is 355 g/mol. The van der Waals surface area contributed by atoms with Crippen molar-refractivity contribution in [1.82, 2.24) is 0 Å². The standard InChI is InChI=1S/C20H24F3N3O/c1-19(2,3)11-18(27)26-17-9-8-15(10-16(17)24)25-12-13-4-6-14(7-5-13)20(21,22)23/h4-10,25H,11-12,24H2,1-3H3,(H,26,27). The van der Waals surface area contributed by atoms with Gasteiger partial charge in [0.05, 0.1) is 16.9 Å². The van der Waals surface area contributed by atoms with Gasteiger partial charge < -0.3 is 16.4 Å². The molecule has 2 aromatic carbocycles. The van der Waals surface area contributed by atoms with Crippen molar-refractivity contribution in [2.24, 2.45) is 5.41 Å². The molecule has 0 saturated heterocycles. The van der Waals surface area contributed by atoms with Gasteiger partial charge in [0, 0.05) is 18.7 Å². The van der Waals surface area contributed by atoms with Crippen LogP contribution in [0.1, 0.15) is 38.3 Å². The number of amides is 1. The summed E-state index contributed by atoms with van der Waals surface area (Å²) in [4.78, 5) is 12.0. The second kappa shape index (κ2) is 7.90. The van der Waals surface area contributed by atoms with Crippen molar-refractivity contribution in [2.45, 2.75) is 39.9 Å². The zero-order valence-corrected chi connectivity index (χ0v) is 15.6. The predicted molar refractivity (Wildman–Crippen MR) is 102 cm³/mol. The molecule has 2 aromatic rings. The fraction of sp³-hybridized carbons (Fsp3) is 0.350. The average molecular weight is 379 g/mol. The molecule has 146 valence electrons. The van der Waals surface area contributed by atoms with Gasteiger partial charge in [0.1, 0.15) is 0 Å². The van der Waals surface area contributed by atoms with Gasteiger partial charge in [0.25, 0.3) is 0 Å². The first-order chi connectivity index (χ1) is 12.4. The van der Waals surface area contributed by atoms with Gasteiger partial charge in [-0.15, -0.1) is 0 Å². The molecule has 0 saturated carbocycles. The van der Waals surface area contributed by atoms with E-state index in [1.54, 1.807) is 18.2 Å². The number of carbonyl (C=O) groups excluding carboxylic acids is 1. The Balaban J connectivity index is 1.96. The van der Waals surface area contributed by atoms with Crippen molar-refractivity contribution in [1.29, 1.82) is 0 Å². The number of nitrogen functional groups attached to an aromatic ring is 1. The van der Waals surface area contributed by atoms with Crippen molar-refractivity contribution in [3.05, 3.63) is 53.6 Å². The van der Waals surface area contributed by atoms with E-state index in [0.29, 0.717) is 35.6 Å². The zero-order valence-electron chi connectivity index (χ0n) is 15.6. The summed E-state index contributed by atoms with van der Waals surface area (Å²) in [6.07, 6.45) is -3.96. The fourth-order valence-electron chi connectivity index (χ4n) is 2.48. The van der Waals surface area contributed by atoms with E-state index in [1.165, 1.54) is 12.1 Å². The molecule has 0 aliphatic rings. The summed E-state index contributed by atoms with van der Waals surface area (Å²) in [6, 6.07) is 10.1. The van der Waals surface area contributed by atoms with Crippen LogP contribution >= 0.6 is 0 Å². The molecule has 4 N–H and O–H groups in total. The molecule has 4 nitrogen and oxygen atoms in total. The van der Waals surface area contributed by atoms with Gasteiger partial charge in [0.15, 0.2) is 0 Å². The van der Waals surface area contributed by atoms with Gasteiger partial charge in [-0.25, -0.2) is 0 Å². The highest BCUT2D eigenvalue weighted by atomic mass is 19.4. The Labute approximate surface area is 157 Å². The van der Waals surface area contributed by atoms with Crippen molar-refractivity contribution in [3.63, 3.8) is 0 Å². The lowest BCUT2D eigenvalue weighted by atomic mass is 9.92. The number of rotatable bonds is 5. The van der Waals surface area contributed by atoms with Crippen molar-refractivity contribution < 1.29 is 18.0 Å². The van der Waals surface area contributed by atoms with Crippen LogP contribution < -0.4 is 16.4 Å². The molecule has 0 atom stereocenters. The minimum Gasteiger partial charge on any atom is -0.397 e. The monoisotopic (exact) mass is 379 g/mol. The van der Waals surface area contributed by atoms with E-state index in [9.17, 15) is 18.0 Å². The third-order valence-corrected chi connectivity index (χ3v) is 3.79. The summed E-state index contributed by atoms with van der Waals surface area (Å²) < 4.78 is 37.7. The van der Waals surface area contributed by atoms with E-state index < -0.39 is 11.7 Å². The summed E-state index contributed by atoms with van der Waals surface area (Å²) in [5, 5.41) is 5.89. The van der Waals surface area contributed by atoms with E-state index in [-0.39, 0.29) is 11.3 Å². The number of nitrogens with one attached hydrogen (secondary N) is 2. The lowest BCUT2D eigenvalue weighted by Crippen LogP contribution is -2.20. The summed E-state index contributed by atoms with van der Waals surface area (Å²) in [5.74, 6) is -0.111. The van der Waals surface area contributed by atoms with Gasteiger partial charge in [-0.2, -0.15) is 13.2 Å². The molecule has 0 unspecified atom stereocenters. The molecule has 2 rings (SSSR count). The van der Waals surface area contributed by atoms with Crippen LogP contribution in [-0.4, -0.2) is 5.91 Å². The molecule has 0 heterocycles. The van der Waals surface area contributed by atoms with Crippen molar-refractivity contribution >= 4 is 23.0 Å². The summed E-state index contributed by atoms with van der Waals surface area (Å²) in [6.45, 7) is 6.28. The van der Waals surface area contributed by atoms with E-state index >= 15 is 0 Å². The van der Waals surface area contributed by atoms with Gasteiger partial charge in [0.2, 0.25) is 5.91 Å². The molecule has 0 spiro atoms. The normalized spacial score (nSPS) is 11.9. The maximum Gasteiger partial charge on any atom is 0.416 e. The Morgan fingerprint density at radius 1 is 1.04 bits per heavy atom. The summed E-state index contributed by atoms with van der Waals surface area (Å²) in [7, 11) is 0. The first-order valence-corrected chi connectivity index (χ1v) is 8.53. The highest BCUT2D eigenvalue weighted by Gasteiger charge is 2.29. The number of halogens is 3. The van der Waals surface area contributed by atoms with Crippen LogP contribution in [0.15, 0.2) is 42.5 Å². The molecular formula is C20H24F3N3O. The van der Waals surface area contributed by atoms with E-state index in [0.717, 1.165) is 12.1 Å². The first kappa shape index (κ1) is 20.6. The molecule has 0 aliphatic carbocycles. The Kier molecular flexibility index (Phi) is 6.03. The SMILES string of the molecule is CC(C)(C)CC(=O)Nc1ccc(NCc2ccc(C(F)(F)F)cc2)cc1N. The highest BCUT2D eigenvalue weighted by Crippen LogP contribution is 2.29. The Morgan fingerprint density at radius 2 is 1.67 bits per heavy atom. The lowest BCUT2D eigenvalue weighted by molar-refractivity contribution is -0.137. The number of anilines is 3. The second-order valence-corrected chi connectivity index (χ2v) is 7.64. The number of hydrogen-bond donors (Lipinski definition) is 3. The molecule has 0 aliphatic heterocycles. The first-order valence-electron chi connectivity index (χ1n) is 8.53. The van der Waals surface area contributed by atoms with E-state index in [4.69, 9.17) is 5.73 Å². The van der Waals surface area contributed by atoms with Crippen LogP contribution in [0.2, 0.25) is 0 Å². The van der Waals surface area contributed by atoms with Gasteiger partial charge in [-0.1, -0.05) is 32.9 Å². The fourth-order valence-corrected chi connectivity index (χ4v) is 2.48. The van der Waals surface area contributed by atoms with Gasteiger partial charge >= 0.3 is 6.18 Å². The number of alkyl halides is 3. The number of hydrogen-bond acceptors (Lipinski definition) is 3. The Bertz CT molecular complexity index is 794.